The van der Waals surface area contributed by atoms with Crippen molar-refractivity contribution in [1.29, 1.82) is 0 Å². The van der Waals surface area contributed by atoms with Crippen molar-refractivity contribution >= 4 is 63.9 Å². The van der Waals surface area contributed by atoms with Crippen LogP contribution in [-0.2, 0) is 19.8 Å². The van der Waals surface area contributed by atoms with Crippen LogP contribution in [0.3, 0.4) is 0 Å². The number of hydrogen-bond donors (Lipinski definition) is 0. The molecule has 0 saturated heterocycles. The SMILES string of the molecule is [BiH3].[Ca+2].[H-].[H-].[O]=[Cu]. The Hall–Kier alpha value is 2.46. The molecule has 0 fully saturated rings. The van der Waals surface area contributed by atoms with E-state index in [9.17, 15) is 0 Å². The fourth-order valence-electron chi connectivity index (χ4n) is 0. The first-order valence-corrected chi connectivity index (χ1v) is 0.508. The summed E-state index contributed by atoms with van der Waals surface area (Å²) in [5.41, 5.74) is 0. The third-order valence-electron chi connectivity index (χ3n) is 0. The van der Waals surface area contributed by atoms with E-state index in [1.54, 1.807) is 0 Å². The summed E-state index contributed by atoms with van der Waals surface area (Å²) in [4.78, 5) is 0. The molecule has 0 aliphatic heterocycles. The fourth-order valence-corrected chi connectivity index (χ4v) is 0. The summed E-state index contributed by atoms with van der Waals surface area (Å²) in [5, 5.41) is 0. The van der Waals surface area contributed by atoms with Gasteiger partial charge in [0.25, 0.3) is 0 Å². The van der Waals surface area contributed by atoms with Crippen LogP contribution in [0.5, 0.6) is 0 Å². The molecule has 4 heavy (non-hydrogen) atoms. The Morgan fingerprint density at radius 1 is 1.50 bits per heavy atom. The molecule has 0 atom stereocenters. The van der Waals surface area contributed by atoms with E-state index < -0.39 is 0 Å². The summed E-state index contributed by atoms with van der Waals surface area (Å²) in [6, 6.07) is 0. The van der Waals surface area contributed by atoms with Crippen LogP contribution in [0.25, 0.3) is 0 Å². The summed E-state index contributed by atoms with van der Waals surface area (Å²) >= 11 is 2.94. The summed E-state index contributed by atoms with van der Waals surface area (Å²) < 4.78 is 7.81. The van der Waals surface area contributed by atoms with Crippen LogP contribution in [0.1, 0.15) is 2.85 Å². The predicted octanol–water partition coefficient (Wildman–Crippen LogP) is -1.46. The Morgan fingerprint density at radius 2 is 1.50 bits per heavy atom. The van der Waals surface area contributed by atoms with E-state index >= 15 is 0 Å². The van der Waals surface area contributed by atoms with Gasteiger partial charge in [0.15, 0.2) is 0 Å². The zero-order chi connectivity index (χ0) is 2.00. The Labute approximate surface area is 85.0 Å². The van der Waals surface area contributed by atoms with Crippen LogP contribution in [-0.4, -0.2) is 63.9 Å². The minimum absolute atomic E-state index is 0. The van der Waals surface area contributed by atoms with Gasteiger partial charge in [-0.25, -0.2) is 0 Å². The van der Waals surface area contributed by atoms with Crippen molar-refractivity contribution in [1.82, 2.24) is 0 Å². The van der Waals surface area contributed by atoms with Gasteiger partial charge in [-0.1, -0.05) is 0 Å². The second-order valence-corrected chi connectivity index (χ2v) is 0. The van der Waals surface area contributed by atoms with E-state index in [1.165, 1.54) is 0 Å². The maximum absolute atomic E-state index is 7.81. The molecule has 0 spiro atoms. The van der Waals surface area contributed by atoms with Crippen molar-refractivity contribution in [3.05, 3.63) is 0 Å². The fraction of sp³-hybridized carbons (Fsp3) is 0. The molecule has 0 radical (unpaired) electrons. The van der Waals surface area contributed by atoms with Crippen molar-refractivity contribution in [3.8, 4) is 0 Å². The van der Waals surface area contributed by atoms with E-state index in [-0.39, 0.29) is 66.8 Å². The van der Waals surface area contributed by atoms with E-state index in [1.807, 2.05) is 0 Å². The van der Waals surface area contributed by atoms with Crippen molar-refractivity contribution in [2.24, 2.45) is 0 Å². The van der Waals surface area contributed by atoms with Gasteiger partial charge in [0.05, 0.1) is 0 Å². The summed E-state index contributed by atoms with van der Waals surface area (Å²) in [6.07, 6.45) is 0. The molecule has 0 saturated carbocycles. The predicted molar refractivity (Wildman–Crippen MR) is 18.6 cm³/mol. The van der Waals surface area contributed by atoms with E-state index in [4.69, 9.17) is 3.83 Å². The molecule has 29 valence electrons. The standard InChI is InChI=1S/Bi.Ca.Cu.O.5H/q;+2;;;;;;2*-1. The van der Waals surface area contributed by atoms with Gasteiger partial charge in [0, 0.05) is 0 Å². The van der Waals surface area contributed by atoms with Crippen LogP contribution in [0.2, 0.25) is 0 Å². The molecule has 1 nitrogen and oxygen atoms in total. The average Bonchev–Trinajstić information content (AvgIpc) is 1.00. The zero-order valence-electron chi connectivity index (χ0n) is 4.12. The van der Waals surface area contributed by atoms with Gasteiger partial charge >= 0.3 is 83.7 Å². The zero-order valence-corrected chi connectivity index (χ0v) is 10.8. The first-order valence-electron chi connectivity index (χ1n) is 0.123. The summed E-state index contributed by atoms with van der Waals surface area (Å²) in [7, 11) is 0. The van der Waals surface area contributed by atoms with Crippen LogP contribution in [0, 0.1) is 0 Å². The average molecular weight is 334 g/mol. The monoisotopic (exact) mass is 333 g/mol. The molecule has 4 heteroatoms. The molecule has 0 N–H and O–H groups in total. The normalized spacial score (nSPS) is 1.50. The molecule has 0 aromatic heterocycles. The number of rotatable bonds is 0. The molecular formula is H5BiCaCuO. The first-order chi connectivity index (χ1) is 1.00. The van der Waals surface area contributed by atoms with Gasteiger partial charge in [-0.3, -0.25) is 0 Å². The molecule has 0 heterocycles. The van der Waals surface area contributed by atoms with Crippen molar-refractivity contribution in [2.45, 2.75) is 0 Å². The van der Waals surface area contributed by atoms with Gasteiger partial charge < -0.3 is 2.85 Å². The Bertz CT molecular complexity index is 13.5. The molecule has 0 aliphatic carbocycles. The van der Waals surface area contributed by atoms with E-state index in [2.05, 4.69) is 15.9 Å². The second kappa shape index (κ2) is 17.9. The molecule has 0 aromatic carbocycles. The van der Waals surface area contributed by atoms with Gasteiger partial charge in [-0.2, -0.15) is 0 Å². The van der Waals surface area contributed by atoms with Crippen LogP contribution < -0.4 is 0 Å². The molecular weight excluding hydrogens is 329 g/mol. The topological polar surface area (TPSA) is 17.1 Å². The van der Waals surface area contributed by atoms with Crippen LogP contribution in [0.4, 0.5) is 0 Å². The quantitative estimate of drug-likeness (QED) is 0.495. The molecule has 0 bridgehead atoms. The van der Waals surface area contributed by atoms with Gasteiger partial charge in [0.1, 0.15) is 0 Å². The molecule has 0 amide bonds. The van der Waals surface area contributed by atoms with E-state index in [0.29, 0.717) is 0 Å². The van der Waals surface area contributed by atoms with Crippen LogP contribution in [0.15, 0.2) is 0 Å². The van der Waals surface area contributed by atoms with Crippen LogP contribution >= 0.6 is 0 Å². The molecule has 0 unspecified atom stereocenters. The van der Waals surface area contributed by atoms with Crippen molar-refractivity contribution < 1.29 is 22.6 Å². The minimum atomic E-state index is 0. The first kappa shape index (κ1) is 16.1. The third-order valence-corrected chi connectivity index (χ3v) is 0. The van der Waals surface area contributed by atoms with Crippen molar-refractivity contribution in [2.75, 3.05) is 0 Å². The number of hydrogen-bond acceptors (Lipinski definition) is 1. The van der Waals surface area contributed by atoms with Crippen molar-refractivity contribution in [3.63, 3.8) is 0 Å². The summed E-state index contributed by atoms with van der Waals surface area (Å²) in [6.45, 7) is 0. The molecule has 0 aromatic rings. The van der Waals surface area contributed by atoms with Gasteiger partial charge in [0.2, 0.25) is 0 Å². The molecule has 0 rings (SSSR count). The van der Waals surface area contributed by atoms with Gasteiger partial charge in [-0.05, 0) is 0 Å². The van der Waals surface area contributed by atoms with E-state index in [0.717, 1.165) is 0 Å². The Morgan fingerprint density at radius 3 is 1.50 bits per heavy atom. The Kier molecular flexibility index (Phi) is 72.1. The molecule has 0 aliphatic rings. The van der Waals surface area contributed by atoms with Gasteiger partial charge in [-0.15, -0.1) is 0 Å². The second-order valence-electron chi connectivity index (χ2n) is 0. The third kappa shape index (κ3) is 8.82. The maximum atomic E-state index is 7.81. The summed E-state index contributed by atoms with van der Waals surface area (Å²) in [5.74, 6) is 0. The Balaban J connectivity index is -0.000000000833.